The Balaban J connectivity index is 2.13. The van der Waals surface area contributed by atoms with Crippen molar-refractivity contribution in [2.24, 2.45) is 5.92 Å². The predicted octanol–water partition coefficient (Wildman–Crippen LogP) is 2.43. The molecule has 94 valence electrons. The molecule has 0 aromatic heterocycles. The number of allylic oxidation sites excluding steroid dienone is 2. The quantitative estimate of drug-likeness (QED) is 0.829. The van der Waals surface area contributed by atoms with Crippen LogP contribution >= 0.6 is 0 Å². The summed E-state index contributed by atoms with van der Waals surface area (Å²) < 4.78 is 0. The molecule has 0 heterocycles. The molecule has 0 saturated carbocycles. The van der Waals surface area contributed by atoms with Crippen LogP contribution in [0.5, 0.6) is 0 Å². The van der Waals surface area contributed by atoms with Crippen molar-refractivity contribution in [3.63, 3.8) is 0 Å². The molecule has 0 bridgehead atoms. The van der Waals surface area contributed by atoms with Gasteiger partial charge in [0.15, 0.2) is 0 Å². The molecule has 0 fully saturated rings. The van der Waals surface area contributed by atoms with Crippen LogP contribution in [-0.2, 0) is 4.79 Å². The summed E-state index contributed by atoms with van der Waals surface area (Å²) in [4.78, 5) is 22.1. The molecule has 3 heteroatoms. The molecule has 1 aliphatic carbocycles. The summed E-state index contributed by atoms with van der Waals surface area (Å²) in [5, 5.41) is 2.60. The molecule has 0 spiro atoms. The Bertz CT molecular complexity index is 474. The zero-order valence-corrected chi connectivity index (χ0v) is 10.5. The van der Waals surface area contributed by atoms with E-state index in [1.54, 1.807) is 7.05 Å². The summed E-state index contributed by atoms with van der Waals surface area (Å²) in [5.74, 6) is 0.110. The van der Waals surface area contributed by atoms with Crippen LogP contribution in [0.25, 0.3) is 5.57 Å². The van der Waals surface area contributed by atoms with E-state index in [1.807, 2.05) is 24.3 Å². The molecule has 0 saturated heterocycles. The molecular formula is C15H17NO2. The van der Waals surface area contributed by atoms with Gasteiger partial charge in [-0.25, -0.2) is 0 Å². The highest BCUT2D eigenvalue weighted by atomic mass is 16.1. The van der Waals surface area contributed by atoms with Crippen molar-refractivity contribution in [2.45, 2.75) is 19.3 Å². The van der Waals surface area contributed by atoms with Gasteiger partial charge in [-0.15, -0.1) is 0 Å². The predicted molar refractivity (Wildman–Crippen MR) is 71.2 cm³/mol. The number of carbonyl (C=O) groups excluding carboxylic acids is 2. The monoisotopic (exact) mass is 243 g/mol. The third kappa shape index (κ3) is 2.67. The normalized spacial score (nSPS) is 18.9. The molecule has 1 amide bonds. The van der Waals surface area contributed by atoms with Crippen LogP contribution in [0.15, 0.2) is 30.3 Å². The number of hydrogen-bond acceptors (Lipinski definition) is 2. The molecule has 1 aromatic rings. The van der Waals surface area contributed by atoms with Gasteiger partial charge in [0.2, 0.25) is 0 Å². The average Bonchev–Trinajstić information content (AvgIpc) is 2.47. The molecule has 0 radical (unpaired) electrons. The van der Waals surface area contributed by atoms with E-state index in [4.69, 9.17) is 0 Å². The summed E-state index contributed by atoms with van der Waals surface area (Å²) >= 11 is 0. The van der Waals surface area contributed by atoms with Crippen LogP contribution < -0.4 is 5.32 Å². The Hall–Kier alpha value is -1.90. The minimum atomic E-state index is -0.0693. The van der Waals surface area contributed by atoms with Gasteiger partial charge in [-0.2, -0.15) is 0 Å². The first-order valence-corrected chi connectivity index (χ1v) is 6.21. The summed E-state index contributed by atoms with van der Waals surface area (Å²) in [6, 6.07) is 7.61. The number of hydrogen-bond donors (Lipinski definition) is 1. The van der Waals surface area contributed by atoms with Crippen molar-refractivity contribution in [1.29, 1.82) is 0 Å². The maximum atomic E-state index is 11.4. The average molecular weight is 243 g/mol. The van der Waals surface area contributed by atoms with E-state index in [1.165, 1.54) is 5.57 Å². The summed E-state index contributed by atoms with van der Waals surface area (Å²) in [7, 11) is 1.62. The van der Waals surface area contributed by atoms with Gasteiger partial charge in [0.25, 0.3) is 5.91 Å². The fourth-order valence-electron chi connectivity index (χ4n) is 2.22. The SMILES string of the molecule is CNC(=O)c1ccc(C2=CCC(C=O)CC2)cc1. The highest BCUT2D eigenvalue weighted by Gasteiger charge is 2.14. The number of benzene rings is 1. The second-order valence-electron chi connectivity index (χ2n) is 4.56. The van der Waals surface area contributed by atoms with Crippen LogP contribution in [-0.4, -0.2) is 19.2 Å². The summed E-state index contributed by atoms with van der Waals surface area (Å²) in [6.07, 6.45) is 5.87. The molecule has 2 rings (SSSR count). The van der Waals surface area contributed by atoms with E-state index in [0.29, 0.717) is 5.56 Å². The van der Waals surface area contributed by atoms with E-state index in [-0.39, 0.29) is 11.8 Å². The lowest BCUT2D eigenvalue weighted by molar-refractivity contribution is -0.111. The molecule has 18 heavy (non-hydrogen) atoms. The zero-order chi connectivity index (χ0) is 13.0. The van der Waals surface area contributed by atoms with Gasteiger partial charge in [-0.05, 0) is 42.5 Å². The number of nitrogens with one attached hydrogen (secondary N) is 1. The molecule has 0 aliphatic heterocycles. The molecule has 1 aromatic carbocycles. The van der Waals surface area contributed by atoms with Crippen LogP contribution in [0.2, 0.25) is 0 Å². The van der Waals surface area contributed by atoms with Crippen molar-refractivity contribution in [3.05, 3.63) is 41.5 Å². The molecule has 1 N–H and O–H groups in total. The smallest absolute Gasteiger partial charge is 0.251 e. The lowest BCUT2D eigenvalue weighted by Crippen LogP contribution is -2.17. The van der Waals surface area contributed by atoms with Gasteiger partial charge in [0, 0.05) is 18.5 Å². The van der Waals surface area contributed by atoms with Crippen LogP contribution in [0, 0.1) is 5.92 Å². The maximum absolute atomic E-state index is 11.4. The van der Waals surface area contributed by atoms with Crippen molar-refractivity contribution in [2.75, 3.05) is 7.05 Å². The minimum Gasteiger partial charge on any atom is -0.355 e. The van der Waals surface area contributed by atoms with Gasteiger partial charge in [-0.3, -0.25) is 4.79 Å². The number of carbonyl (C=O) groups is 2. The Labute approximate surface area is 107 Å². The van der Waals surface area contributed by atoms with Crippen LogP contribution in [0.3, 0.4) is 0 Å². The van der Waals surface area contributed by atoms with E-state index in [9.17, 15) is 9.59 Å². The highest BCUT2D eigenvalue weighted by Crippen LogP contribution is 2.29. The van der Waals surface area contributed by atoms with Crippen molar-refractivity contribution in [3.8, 4) is 0 Å². The second kappa shape index (κ2) is 5.63. The second-order valence-corrected chi connectivity index (χ2v) is 4.56. The van der Waals surface area contributed by atoms with Crippen LogP contribution in [0.4, 0.5) is 0 Å². The van der Waals surface area contributed by atoms with E-state index in [0.717, 1.165) is 31.1 Å². The highest BCUT2D eigenvalue weighted by molar-refractivity contribution is 5.94. The fourth-order valence-corrected chi connectivity index (χ4v) is 2.22. The first kappa shape index (κ1) is 12.6. The molecule has 1 aliphatic rings. The Morgan fingerprint density at radius 1 is 1.33 bits per heavy atom. The molecule has 1 unspecified atom stereocenters. The number of amides is 1. The standard InChI is InChI=1S/C15H17NO2/c1-16-15(18)14-8-6-13(7-9-14)12-4-2-11(10-17)3-5-12/h4,6-11H,2-3,5H2,1H3,(H,16,18). The minimum absolute atomic E-state index is 0.0693. The zero-order valence-electron chi connectivity index (χ0n) is 10.5. The third-order valence-corrected chi connectivity index (χ3v) is 3.39. The van der Waals surface area contributed by atoms with Gasteiger partial charge in [0.05, 0.1) is 0 Å². The van der Waals surface area contributed by atoms with Gasteiger partial charge >= 0.3 is 0 Å². The number of aldehydes is 1. The fraction of sp³-hybridized carbons (Fsp3) is 0.333. The Morgan fingerprint density at radius 2 is 2.06 bits per heavy atom. The number of rotatable bonds is 3. The topological polar surface area (TPSA) is 46.2 Å². The maximum Gasteiger partial charge on any atom is 0.251 e. The lowest BCUT2D eigenvalue weighted by atomic mass is 9.87. The van der Waals surface area contributed by atoms with Crippen molar-refractivity contribution in [1.82, 2.24) is 5.32 Å². The van der Waals surface area contributed by atoms with Gasteiger partial charge in [-0.1, -0.05) is 18.2 Å². The van der Waals surface area contributed by atoms with E-state index in [2.05, 4.69) is 11.4 Å². The summed E-state index contributed by atoms with van der Waals surface area (Å²) in [6.45, 7) is 0. The molecule has 1 atom stereocenters. The van der Waals surface area contributed by atoms with Crippen molar-refractivity contribution < 1.29 is 9.59 Å². The van der Waals surface area contributed by atoms with Gasteiger partial charge < -0.3 is 10.1 Å². The van der Waals surface area contributed by atoms with Gasteiger partial charge in [0.1, 0.15) is 6.29 Å². The molecule has 3 nitrogen and oxygen atoms in total. The summed E-state index contributed by atoms with van der Waals surface area (Å²) in [5.41, 5.74) is 3.09. The first-order valence-electron chi connectivity index (χ1n) is 6.21. The van der Waals surface area contributed by atoms with E-state index >= 15 is 0 Å². The van der Waals surface area contributed by atoms with Crippen LogP contribution in [0.1, 0.15) is 35.2 Å². The molecular weight excluding hydrogens is 226 g/mol. The lowest BCUT2D eigenvalue weighted by Gasteiger charge is -2.17. The Morgan fingerprint density at radius 3 is 2.56 bits per heavy atom. The largest absolute Gasteiger partial charge is 0.355 e. The Kier molecular flexibility index (Phi) is 3.92. The first-order chi connectivity index (χ1) is 8.74. The van der Waals surface area contributed by atoms with E-state index < -0.39 is 0 Å². The van der Waals surface area contributed by atoms with Crippen molar-refractivity contribution >= 4 is 17.8 Å². The third-order valence-electron chi connectivity index (χ3n) is 3.39.